The van der Waals surface area contributed by atoms with Crippen molar-refractivity contribution in [2.24, 2.45) is 17.0 Å². The van der Waals surface area contributed by atoms with Crippen molar-refractivity contribution in [3.05, 3.63) is 18.0 Å². The van der Waals surface area contributed by atoms with Gasteiger partial charge in [0.25, 0.3) is 5.91 Å². The molecular formula is C14H23N3O3S. The van der Waals surface area contributed by atoms with Crippen molar-refractivity contribution >= 4 is 15.9 Å². The predicted octanol–water partition coefficient (Wildman–Crippen LogP) is 1.27. The largest absolute Gasteiger partial charge is 0.342 e. The van der Waals surface area contributed by atoms with Crippen molar-refractivity contribution in [3.8, 4) is 0 Å². The highest BCUT2D eigenvalue weighted by Crippen LogP contribution is 2.25. The average Bonchev–Trinajstić information content (AvgIpc) is 3.04. The van der Waals surface area contributed by atoms with Crippen molar-refractivity contribution in [3.63, 3.8) is 0 Å². The summed E-state index contributed by atoms with van der Waals surface area (Å²) in [5, 5.41) is 5.14. The summed E-state index contributed by atoms with van der Waals surface area (Å²) in [6.07, 6.45) is 2.43. The standard InChI is InChI=1S/C14H23N3O3S/c1-4-16-9-12(21(15,19)20)7-13(16)14(18)17-6-5-11(8-17)10(2)3/h7,9-11H,4-6,8H2,1-3H3,(H2,15,19,20). The number of nitrogens with zero attached hydrogens (tertiary/aromatic N) is 2. The number of carbonyl (C=O) groups is 1. The number of aromatic nitrogens is 1. The zero-order chi connectivity index (χ0) is 15.8. The molecule has 1 aromatic heterocycles. The van der Waals surface area contributed by atoms with E-state index in [1.165, 1.54) is 12.3 Å². The molecule has 0 spiro atoms. The van der Waals surface area contributed by atoms with Crippen LogP contribution in [0.25, 0.3) is 0 Å². The molecule has 1 amide bonds. The van der Waals surface area contributed by atoms with Gasteiger partial charge in [0, 0.05) is 25.8 Å². The van der Waals surface area contributed by atoms with Gasteiger partial charge in [-0.3, -0.25) is 4.79 Å². The Bertz CT molecular complexity index is 634. The first kappa shape index (κ1) is 16.0. The van der Waals surface area contributed by atoms with Gasteiger partial charge >= 0.3 is 0 Å². The number of hydrogen-bond donors (Lipinski definition) is 1. The quantitative estimate of drug-likeness (QED) is 0.908. The Morgan fingerprint density at radius 3 is 2.62 bits per heavy atom. The Balaban J connectivity index is 2.26. The number of carbonyl (C=O) groups excluding carboxylic acids is 1. The van der Waals surface area contributed by atoms with Gasteiger partial charge in [-0.1, -0.05) is 13.8 Å². The highest BCUT2D eigenvalue weighted by molar-refractivity contribution is 7.89. The maximum atomic E-state index is 12.6. The van der Waals surface area contributed by atoms with Crippen LogP contribution in [0.5, 0.6) is 0 Å². The van der Waals surface area contributed by atoms with Crippen LogP contribution < -0.4 is 5.14 Å². The van der Waals surface area contributed by atoms with Crippen LogP contribution in [0, 0.1) is 11.8 Å². The van der Waals surface area contributed by atoms with Crippen LogP contribution in [0.4, 0.5) is 0 Å². The monoisotopic (exact) mass is 313 g/mol. The van der Waals surface area contributed by atoms with E-state index in [-0.39, 0.29) is 10.8 Å². The number of aryl methyl sites for hydroxylation is 1. The third-order valence-corrected chi connectivity index (χ3v) is 5.09. The van der Waals surface area contributed by atoms with Gasteiger partial charge in [-0.05, 0) is 31.2 Å². The summed E-state index contributed by atoms with van der Waals surface area (Å²) in [4.78, 5) is 14.4. The molecule has 6 nitrogen and oxygen atoms in total. The third kappa shape index (κ3) is 3.29. The molecule has 118 valence electrons. The smallest absolute Gasteiger partial charge is 0.270 e. The van der Waals surface area contributed by atoms with Crippen molar-refractivity contribution in [2.45, 2.75) is 38.6 Å². The van der Waals surface area contributed by atoms with Gasteiger partial charge in [0.15, 0.2) is 0 Å². The van der Waals surface area contributed by atoms with E-state index < -0.39 is 10.0 Å². The molecule has 1 fully saturated rings. The van der Waals surface area contributed by atoms with Crippen LogP contribution in [0.2, 0.25) is 0 Å². The van der Waals surface area contributed by atoms with E-state index >= 15 is 0 Å². The van der Waals surface area contributed by atoms with E-state index in [9.17, 15) is 13.2 Å². The number of primary sulfonamides is 1. The SMILES string of the molecule is CCn1cc(S(N)(=O)=O)cc1C(=O)N1CCC(C(C)C)C1. The summed E-state index contributed by atoms with van der Waals surface area (Å²) in [7, 11) is -3.79. The molecule has 1 unspecified atom stereocenters. The van der Waals surface area contributed by atoms with Gasteiger partial charge < -0.3 is 9.47 Å². The number of likely N-dealkylation sites (tertiary alicyclic amines) is 1. The summed E-state index contributed by atoms with van der Waals surface area (Å²) in [5.41, 5.74) is 0.394. The highest BCUT2D eigenvalue weighted by atomic mass is 32.2. The lowest BCUT2D eigenvalue weighted by atomic mass is 9.95. The molecule has 0 aromatic carbocycles. The lowest BCUT2D eigenvalue weighted by molar-refractivity contribution is 0.0773. The van der Waals surface area contributed by atoms with E-state index in [0.29, 0.717) is 24.1 Å². The lowest BCUT2D eigenvalue weighted by Crippen LogP contribution is -2.31. The number of nitrogens with two attached hydrogens (primary N) is 1. The second-order valence-electron chi connectivity index (χ2n) is 5.94. The molecule has 1 saturated heterocycles. The van der Waals surface area contributed by atoms with E-state index in [4.69, 9.17) is 5.14 Å². The van der Waals surface area contributed by atoms with Gasteiger partial charge in [-0.2, -0.15) is 0 Å². The number of hydrogen-bond acceptors (Lipinski definition) is 3. The number of rotatable bonds is 4. The Labute approximate surface area is 126 Å². The zero-order valence-corrected chi connectivity index (χ0v) is 13.6. The summed E-state index contributed by atoms with van der Waals surface area (Å²) >= 11 is 0. The van der Waals surface area contributed by atoms with Crippen LogP contribution in [-0.4, -0.2) is 36.9 Å². The highest BCUT2D eigenvalue weighted by Gasteiger charge is 2.30. The average molecular weight is 313 g/mol. The second kappa shape index (κ2) is 5.81. The first-order valence-electron chi connectivity index (χ1n) is 7.26. The van der Waals surface area contributed by atoms with Crippen LogP contribution in [-0.2, 0) is 16.6 Å². The van der Waals surface area contributed by atoms with Gasteiger partial charge in [-0.25, -0.2) is 13.6 Å². The molecule has 0 saturated carbocycles. The maximum absolute atomic E-state index is 12.6. The maximum Gasteiger partial charge on any atom is 0.270 e. The topological polar surface area (TPSA) is 85.4 Å². The fraction of sp³-hybridized carbons (Fsp3) is 0.643. The summed E-state index contributed by atoms with van der Waals surface area (Å²) < 4.78 is 24.5. The minimum Gasteiger partial charge on any atom is -0.342 e. The summed E-state index contributed by atoms with van der Waals surface area (Å²) in [6.45, 7) is 8.17. The van der Waals surface area contributed by atoms with Gasteiger partial charge in [0.1, 0.15) is 10.6 Å². The lowest BCUT2D eigenvalue weighted by Gasteiger charge is -2.18. The molecule has 2 N–H and O–H groups in total. The summed E-state index contributed by atoms with van der Waals surface area (Å²) in [6, 6.07) is 1.38. The fourth-order valence-corrected chi connectivity index (χ4v) is 3.31. The van der Waals surface area contributed by atoms with Crippen molar-refractivity contribution in [1.82, 2.24) is 9.47 Å². The molecule has 1 aromatic rings. The minimum atomic E-state index is -3.79. The second-order valence-corrected chi connectivity index (χ2v) is 7.50. The molecule has 21 heavy (non-hydrogen) atoms. The Hall–Kier alpha value is -1.34. The van der Waals surface area contributed by atoms with Crippen molar-refractivity contribution in [1.29, 1.82) is 0 Å². The Morgan fingerprint density at radius 2 is 2.14 bits per heavy atom. The molecule has 2 rings (SSSR count). The van der Waals surface area contributed by atoms with Gasteiger partial charge in [-0.15, -0.1) is 0 Å². The van der Waals surface area contributed by atoms with E-state index in [2.05, 4.69) is 13.8 Å². The minimum absolute atomic E-state index is 0.00712. The van der Waals surface area contributed by atoms with Crippen molar-refractivity contribution in [2.75, 3.05) is 13.1 Å². The molecule has 2 heterocycles. The molecule has 1 aliphatic rings. The zero-order valence-electron chi connectivity index (χ0n) is 12.7. The molecule has 0 radical (unpaired) electrons. The third-order valence-electron chi connectivity index (χ3n) is 4.21. The van der Waals surface area contributed by atoms with Crippen LogP contribution >= 0.6 is 0 Å². The number of sulfonamides is 1. The van der Waals surface area contributed by atoms with Gasteiger partial charge in [0.05, 0.1) is 0 Å². The molecule has 7 heteroatoms. The number of amides is 1. The van der Waals surface area contributed by atoms with Crippen molar-refractivity contribution < 1.29 is 13.2 Å². The molecule has 1 atom stereocenters. The van der Waals surface area contributed by atoms with E-state index in [1.54, 1.807) is 9.47 Å². The molecular weight excluding hydrogens is 290 g/mol. The predicted molar refractivity (Wildman–Crippen MR) is 80.3 cm³/mol. The molecule has 1 aliphatic heterocycles. The van der Waals surface area contributed by atoms with E-state index in [1.807, 2.05) is 6.92 Å². The van der Waals surface area contributed by atoms with Crippen LogP contribution in [0.1, 0.15) is 37.7 Å². The fourth-order valence-electron chi connectivity index (χ4n) is 2.76. The summed E-state index contributed by atoms with van der Waals surface area (Å²) in [5.74, 6) is 0.937. The first-order chi connectivity index (χ1) is 9.74. The molecule has 0 aliphatic carbocycles. The van der Waals surface area contributed by atoms with Gasteiger partial charge in [0.2, 0.25) is 10.0 Å². The molecule has 0 bridgehead atoms. The van der Waals surface area contributed by atoms with Crippen LogP contribution in [0.15, 0.2) is 17.2 Å². The first-order valence-corrected chi connectivity index (χ1v) is 8.81. The van der Waals surface area contributed by atoms with E-state index in [0.717, 1.165) is 19.5 Å². The van der Waals surface area contributed by atoms with Crippen LogP contribution in [0.3, 0.4) is 0 Å². The Morgan fingerprint density at radius 1 is 1.48 bits per heavy atom. The normalized spacial score (nSPS) is 19.5. The Kier molecular flexibility index (Phi) is 4.43.